The van der Waals surface area contributed by atoms with E-state index in [4.69, 9.17) is 4.74 Å². The van der Waals surface area contributed by atoms with Gasteiger partial charge >= 0.3 is 0 Å². The Hall–Kier alpha value is -1.42. The Morgan fingerprint density at radius 2 is 2.07 bits per heavy atom. The first-order valence-corrected chi connectivity index (χ1v) is 12.0. The zero-order valence-electron chi connectivity index (χ0n) is 17.8. The molecule has 2 aliphatic rings. The van der Waals surface area contributed by atoms with Gasteiger partial charge < -0.3 is 19.3 Å². The van der Waals surface area contributed by atoms with Crippen LogP contribution in [0, 0.1) is 25.2 Å². The van der Waals surface area contributed by atoms with Gasteiger partial charge in [-0.3, -0.25) is 4.79 Å². The van der Waals surface area contributed by atoms with Crippen LogP contribution in [0.4, 0.5) is 0 Å². The zero-order valence-corrected chi connectivity index (χ0v) is 18.7. The topological polar surface area (TPSA) is 92.1 Å². The molecule has 8 nitrogen and oxygen atoms in total. The lowest BCUT2D eigenvalue weighted by molar-refractivity contribution is 0.0129. The number of ether oxygens (including phenoxy) is 1. The number of fused-ring (bicyclic) bond motifs is 1. The van der Waals surface area contributed by atoms with Crippen molar-refractivity contribution in [3.63, 3.8) is 0 Å². The summed E-state index contributed by atoms with van der Waals surface area (Å²) in [5, 5.41) is 10.2. The molecule has 0 saturated carbocycles. The fourth-order valence-electron chi connectivity index (χ4n) is 4.89. The lowest BCUT2D eigenvalue weighted by Crippen LogP contribution is -2.52. The highest BCUT2D eigenvalue weighted by Gasteiger charge is 2.52. The highest BCUT2D eigenvalue weighted by molar-refractivity contribution is 7.88. The van der Waals surface area contributed by atoms with E-state index in [2.05, 4.69) is 4.57 Å². The normalized spacial score (nSPS) is 25.4. The van der Waals surface area contributed by atoms with Crippen LogP contribution >= 0.6 is 0 Å². The van der Waals surface area contributed by atoms with Gasteiger partial charge in [0.2, 0.25) is 10.0 Å². The minimum atomic E-state index is -3.31. The number of nitrogens with zero attached hydrogens (tertiary/aromatic N) is 3. The quantitative estimate of drug-likeness (QED) is 0.652. The van der Waals surface area contributed by atoms with Crippen LogP contribution in [-0.2, 0) is 21.3 Å². The van der Waals surface area contributed by atoms with E-state index < -0.39 is 15.4 Å². The molecule has 2 saturated heterocycles. The van der Waals surface area contributed by atoms with Crippen molar-refractivity contribution in [3.8, 4) is 0 Å². The van der Waals surface area contributed by atoms with Gasteiger partial charge in [0.1, 0.15) is 0 Å². The molecule has 3 heterocycles. The van der Waals surface area contributed by atoms with Gasteiger partial charge in [0, 0.05) is 63.2 Å². The van der Waals surface area contributed by atoms with E-state index in [9.17, 15) is 18.3 Å². The second-order valence-electron chi connectivity index (χ2n) is 8.57. The second-order valence-corrected chi connectivity index (χ2v) is 10.6. The lowest BCUT2D eigenvalue weighted by atomic mass is 9.74. The summed E-state index contributed by atoms with van der Waals surface area (Å²) in [5.41, 5.74) is 2.08. The summed E-state index contributed by atoms with van der Waals surface area (Å²) >= 11 is 0. The number of aromatic nitrogens is 1. The van der Waals surface area contributed by atoms with Crippen LogP contribution < -0.4 is 0 Å². The first-order valence-electron chi connectivity index (χ1n) is 10.1. The Morgan fingerprint density at radius 1 is 1.34 bits per heavy atom. The third kappa shape index (κ3) is 4.23. The molecular formula is C20H33N3O5S. The molecular weight excluding hydrogens is 394 g/mol. The van der Waals surface area contributed by atoms with E-state index in [1.54, 1.807) is 12.0 Å². The Labute approximate surface area is 173 Å². The standard InChI is InChI=1S/C20H33N3O5S/c1-15-10-18(16(2)23(15)7-5-9-28-3)19(25)21-8-6-17-11-22(29(4,26)27)13-20(17,12-21)14-24/h10,17,24H,5-9,11-14H2,1-4H3/t17-,20+/m1/s1. The van der Waals surface area contributed by atoms with Crippen molar-refractivity contribution in [1.82, 2.24) is 13.8 Å². The molecule has 2 aliphatic heterocycles. The summed E-state index contributed by atoms with van der Waals surface area (Å²) in [4.78, 5) is 15.1. The fraction of sp³-hybridized carbons (Fsp3) is 0.750. The third-order valence-electron chi connectivity index (χ3n) is 6.64. The van der Waals surface area contributed by atoms with Crippen molar-refractivity contribution < 1.29 is 23.1 Å². The van der Waals surface area contributed by atoms with Gasteiger partial charge in [0.25, 0.3) is 5.91 Å². The van der Waals surface area contributed by atoms with E-state index in [0.29, 0.717) is 38.2 Å². The van der Waals surface area contributed by atoms with Crippen molar-refractivity contribution in [2.75, 3.05) is 52.8 Å². The molecule has 0 radical (unpaired) electrons. The maximum atomic E-state index is 13.3. The predicted octanol–water partition coefficient (Wildman–Crippen LogP) is 0.857. The number of carbonyl (C=O) groups excluding carboxylic acids is 1. The van der Waals surface area contributed by atoms with Gasteiger partial charge in [0.15, 0.2) is 0 Å². The van der Waals surface area contributed by atoms with E-state index in [-0.39, 0.29) is 25.0 Å². The molecule has 0 spiro atoms. The van der Waals surface area contributed by atoms with Crippen molar-refractivity contribution >= 4 is 15.9 Å². The van der Waals surface area contributed by atoms with E-state index in [0.717, 1.165) is 24.4 Å². The summed E-state index contributed by atoms with van der Waals surface area (Å²) in [6, 6.07) is 1.93. The summed E-state index contributed by atoms with van der Waals surface area (Å²) in [5.74, 6) is 0.0351. The molecule has 1 aromatic rings. The molecule has 2 fully saturated rings. The minimum Gasteiger partial charge on any atom is -0.396 e. The monoisotopic (exact) mass is 427 g/mol. The number of aryl methyl sites for hydroxylation is 1. The highest BCUT2D eigenvalue weighted by atomic mass is 32.2. The number of hydrogen-bond donors (Lipinski definition) is 1. The number of aliphatic hydroxyl groups is 1. The van der Waals surface area contributed by atoms with Crippen LogP contribution in [0.5, 0.6) is 0 Å². The maximum absolute atomic E-state index is 13.3. The van der Waals surface area contributed by atoms with Crippen LogP contribution in [0.15, 0.2) is 6.07 Å². The average molecular weight is 428 g/mol. The predicted molar refractivity (Wildman–Crippen MR) is 110 cm³/mol. The largest absolute Gasteiger partial charge is 0.396 e. The molecule has 0 bridgehead atoms. The van der Waals surface area contributed by atoms with Crippen molar-refractivity contribution in [2.24, 2.45) is 11.3 Å². The fourth-order valence-corrected chi connectivity index (χ4v) is 5.83. The summed E-state index contributed by atoms with van der Waals surface area (Å²) in [7, 11) is -1.63. The molecule has 9 heteroatoms. The van der Waals surface area contributed by atoms with E-state index >= 15 is 0 Å². The SMILES string of the molecule is COCCCn1c(C)cc(C(=O)N2CC[C@@H]3CN(S(C)(=O)=O)C[C@]3(CO)C2)c1C. The van der Waals surface area contributed by atoms with Crippen LogP contribution in [0.2, 0.25) is 0 Å². The van der Waals surface area contributed by atoms with Crippen LogP contribution in [0.25, 0.3) is 0 Å². The molecule has 3 rings (SSSR count). The number of piperidine rings is 1. The van der Waals surface area contributed by atoms with Crippen LogP contribution in [-0.4, -0.2) is 86.0 Å². The highest BCUT2D eigenvalue weighted by Crippen LogP contribution is 2.43. The number of amides is 1. The Balaban J connectivity index is 1.79. The number of methoxy groups -OCH3 is 1. The van der Waals surface area contributed by atoms with E-state index in [1.165, 1.54) is 10.6 Å². The lowest BCUT2D eigenvalue weighted by Gasteiger charge is -2.43. The average Bonchev–Trinajstić information content (AvgIpc) is 3.20. The number of rotatable bonds is 7. The molecule has 0 aliphatic carbocycles. The minimum absolute atomic E-state index is 0.0415. The molecule has 1 N–H and O–H groups in total. The molecule has 2 atom stereocenters. The van der Waals surface area contributed by atoms with Gasteiger partial charge in [-0.25, -0.2) is 12.7 Å². The summed E-state index contributed by atoms with van der Waals surface area (Å²) in [6.07, 6.45) is 2.78. The van der Waals surface area contributed by atoms with Crippen LogP contribution in [0.1, 0.15) is 34.6 Å². The molecule has 1 aromatic heterocycles. The first-order chi connectivity index (χ1) is 13.6. The molecule has 0 unspecified atom stereocenters. The Morgan fingerprint density at radius 3 is 2.69 bits per heavy atom. The molecule has 0 aromatic carbocycles. The van der Waals surface area contributed by atoms with Crippen molar-refractivity contribution in [3.05, 3.63) is 23.0 Å². The number of likely N-dealkylation sites (tertiary alicyclic amines) is 1. The second kappa shape index (κ2) is 8.37. The number of aliphatic hydroxyl groups excluding tert-OH is 1. The molecule has 29 heavy (non-hydrogen) atoms. The number of carbonyl (C=O) groups is 1. The van der Waals surface area contributed by atoms with Gasteiger partial charge in [0.05, 0.1) is 18.4 Å². The van der Waals surface area contributed by atoms with Crippen molar-refractivity contribution in [1.29, 1.82) is 0 Å². The third-order valence-corrected chi connectivity index (χ3v) is 7.86. The van der Waals surface area contributed by atoms with Gasteiger partial charge in [-0.05, 0) is 38.7 Å². The first kappa shape index (κ1) is 22.3. The van der Waals surface area contributed by atoms with Crippen LogP contribution in [0.3, 0.4) is 0 Å². The van der Waals surface area contributed by atoms with Gasteiger partial charge in [-0.15, -0.1) is 0 Å². The maximum Gasteiger partial charge on any atom is 0.255 e. The number of hydrogen-bond acceptors (Lipinski definition) is 5. The molecule has 1 amide bonds. The zero-order chi connectivity index (χ0) is 21.4. The van der Waals surface area contributed by atoms with Gasteiger partial charge in [-0.1, -0.05) is 0 Å². The summed E-state index contributed by atoms with van der Waals surface area (Å²) in [6.45, 7) is 6.96. The smallest absolute Gasteiger partial charge is 0.255 e. The summed E-state index contributed by atoms with van der Waals surface area (Å²) < 4.78 is 32.8. The number of sulfonamides is 1. The van der Waals surface area contributed by atoms with E-state index in [1.807, 2.05) is 19.9 Å². The molecule has 164 valence electrons. The van der Waals surface area contributed by atoms with Crippen molar-refractivity contribution in [2.45, 2.75) is 33.2 Å². The Bertz CT molecular complexity index is 866. The van der Waals surface area contributed by atoms with Gasteiger partial charge in [-0.2, -0.15) is 0 Å². The Kier molecular flexibility index (Phi) is 6.43.